The first kappa shape index (κ1) is 13.6. The van der Waals surface area contributed by atoms with Gasteiger partial charge in [0.15, 0.2) is 0 Å². The van der Waals surface area contributed by atoms with Gasteiger partial charge in [-0.3, -0.25) is 0 Å². The van der Waals surface area contributed by atoms with Crippen molar-refractivity contribution in [3.8, 4) is 0 Å². The van der Waals surface area contributed by atoms with Gasteiger partial charge in [0.05, 0.1) is 0 Å². The average Bonchev–Trinajstić information content (AvgIpc) is 2.44. The zero-order valence-corrected chi connectivity index (χ0v) is 12.1. The van der Waals surface area contributed by atoms with Crippen LogP contribution in [0.25, 0.3) is 0 Å². The van der Waals surface area contributed by atoms with Gasteiger partial charge in [0.1, 0.15) is 0 Å². The summed E-state index contributed by atoms with van der Waals surface area (Å²) in [6.45, 7) is 4.67. The summed E-state index contributed by atoms with van der Waals surface area (Å²) in [5, 5.41) is 3.56. The molecular weight excluding hydrogens is 218 g/mol. The monoisotopic (exact) mass is 245 g/mol. The van der Waals surface area contributed by atoms with Gasteiger partial charge in [-0.05, 0) is 49.3 Å². The molecule has 0 aromatic heterocycles. The first-order valence-corrected chi connectivity index (χ1v) is 7.55. The molecule has 0 fully saturated rings. The number of hydrogen-bond acceptors (Lipinski definition) is 1. The molecule has 2 unspecified atom stereocenters. The molecule has 1 aliphatic rings. The van der Waals surface area contributed by atoms with Crippen molar-refractivity contribution in [2.45, 2.75) is 52.0 Å². The lowest BCUT2D eigenvalue weighted by Gasteiger charge is -2.35. The molecular formula is C17H27N. The van der Waals surface area contributed by atoms with E-state index >= 15 is 0 Å². The maximum atomic E-state index is 3.56. The van der Waals surface area contributed by atoms with Crippen LogP contribution >= 0.6 is 0 Å². The van der Waals surface area contributed by atoms with Crippen LogP contribution in [0.4, 0.5) is 0 Å². The maximum Gasteiger partial charge on any atom is 0.0349 e. The highest BCUT2D eigenvalue weighted by atomic mass is 14.9. The summed E-state index contributed by atoms with van der Waals surface area (Å²) in [4.78, 5) is 0. The summed E-state index contributed by atoms with van der Waals surface area (Å²) in [6, 6.07) is 9.54. The molecule has 1 N–H and O–H groups in total. The van der Waals surface area contributed by atoms with Crippen molar-refractivity contribution in [1.82, 2.24) is 5.32 Å². The Hall–Kier alpha value is -0.820. The van der Waals surface area contributed by atoms with E-state index in [2.05, 4.69) is 50.5 Å². The molecule has 2 rings (SSSR count). The van der Waals surface area contributed by atoms with Crippen LogP contribution in [0.2, 0.25) is 0 Å². The zero-order valence-electron chi connectivity index (χ0n) is 12.1. The number of nitrogens with one attached hydrogen (secondary N) is 1. The summed E-state index contributed by atoms with van der Waals surface area (Å²) in [7, 11) is 2.12. The Morgan fingerprint density at radius 1 is 1.22 bits per heavy atom. The Bertz CT molecular complexity index is 368. The molecule has 0 saturated carbocycles. The number of hydrogen-bond donors (Lipinski definition) is 1. The molecule has 0 bridgehead atoms. The summed E-state index contributed by atoms with van der Waals surface area (Å²) >= 11 is 0. The second kappa shape index (κ2) is 6.38. The van der Waals surface area contributed by atoms with E-state index in [9.17, 15) is 0 Å². The van der Waals surface area contributed by atoms with Crippen LogP contribution in [0.1, 0.15) is 56.7 Å². The summed E-state index contributed by atoms with van der Waals surface area (Å²) in [5.74, 6) is 1.71. The molecule has 1 nitrogen and oxygen atoms in total. The smallest absolute Gasteiger partial charge is 0.0349 e. The highest BCUT2D eigenvalue weighted by molar-refractivity contribution is 5.32. The van der Waals surface area contributed by atoms with Crippen LogP contribution in [0, 0.1) is 11.8 Å². The predicted molar refractivity (Wildman–Crippen MR) is 78.7 cm³/mol. The van der Waals surface area contributed by atoms with Crippen molar-refractivity contribution >= 4 is 0 Å². The van der Waals surface area contributed by atoms with Crippen molar-refractivity contribution in [3.63, 3.8) is 0 Å². The van der Waals surface area contributed by atoms with Gasteiger partial charge in [0.2, 0.25) is 0 Å². The Labute approximate surface area is 112 Å². The molecule has 1 aromatic carbocycles. The lowest BCUT2D eigenvalue weighted by Crippen LogP contribution is -2.31. The van der Waals surface area contributed by atoms with Gasteiger partial charge in [-0.25, -0.2) is 0 Å². The number of aryl methyl sites for hydroxylation is 1. The number of benzene rings is 1. The number of fused-ring (bicyclic) bond motifs is 1. The molecule has 0 amide bonds. The molecule has 0 aliphatic heterocycles. The van der Waals surface area contributed by atoms with Gasteiger partial charge in [0.25, 0.3) is 0 Å². The van der Waals surface area contributed by atoms with E-state index in [1.54, 1.807) is 11.1 Å². The third-order valence-corrected chi connectivity index (χ3v) is 4.75. The van der Waals surface area contributed by atoms with E-state index in [1.807, 2.05) is 0 Å². The lowest BCUT2D eigenvalue weighted by molar-refractivity contribution is 0.261. The molecule has 2 atom stereocenters. The van der Waals surface area contributed by atoms with E-state index in [1.165, 1.54) is 32.1 Å². The lowest BCUT2D eigenvalue weighted by atomic mass is 9.75. The standard InChI is InChI=1S/C17H27N/c1-4-13(5-2)12-15-11-10-14-8-6-7-9-16(14)17(15)18-3/h6-9,13,15,17-18H,4-5,10-12H2,1-3H3. The largest absolute Gasteiger partial charge is 0.313 e. The van der Waals surface area contributed by atoms with Gasteiger partial charge in [-0.2, -0.15) is 0 Å². The van der Waals surface area contributed by atoms with E-state index in [0.717, 1.165) is 11.8 Å². The van der Waals surface area contributed by atoms with Crippen LogP contribution < -0.4 is 5.32 Å². The van der Waals surface area contributed by atoms with Crippen molar-refractivity contribution in [2.75, 3.05) is 7.05 Å². The van der Waals surface area contributed by atoms with E-state index in [4.69, 9.17) is 0 Å². The molecule has 0 radical (unpaired) electrons. The summed E-state index contributed by atoms with van der Waals surface area (Å²) in [6.07, 6.45) is 6.64. The van der Waals surface area contributed by atoms with E-state index in [0.29, 0.717) is 6.04 Å². The fraction of sp³-hybridized carbons (Fsp3) is 0.647. The van der Waals surface area contributed by atoms with Gasteiger partial charge >= 0.3 is 0 Å². The summed E-state index contributed by atoms with van der Waals surface area (Å²) < 4.78 is 0. The molecule has 100 valence electrons. The number of rotatable bonds is 5. The van der Waals surface area contributed by atoms with E-state index in [-0.39, 0.29) is 0 Å². The quantitative estimate of drug-likeness (QED) is 0.814. The first-order chi connectivity index (χ1) is 8.80. The van der Waals surface area contributed by atoms with Gasteiger partial charge in [0, 0.05) is 6.04 Å². The third kappa shape index (κ3) is 2.77. The minimum absolute atomic E-state index is 0.565. The van der Waals surface area contributed by atoms with Crippen LogP contribution in [-0.2, 0) is 6.42 Å². The third-order valence-electron chi connectivity index (χ3n) is 4.75. The molecule has 0 saturated heterocycles. The van der Waals surface area contributed by atoms with Crippen LogP contribution in [0.5, 0.6) is 0 Å². The molecule has 1 aromatic rings. The molecule has 0 heterocycles. The predicted octanol–water partition coefficient (Wildman–Crippen LogP) is 4.34. The highest BCUT2D eigenvalue weighted by Crippen LogP contribution is 2.38. The Balaban J connectivity index is 2.15. The molecule has 0 spiro atoms. The van der Waals surface area contributed by atoms with Crippen molar-refractivity contribution in [2.24, 2.45) is 11.8 Å². The van der Waals surface area contributed by atoms with Crippen molar-refractivity contribution in [1.29, 1.82) is 0 Å². The fourth-order valence-electron chi connectivity index (χ4n) is 3.52. The average molecular weight is 245 g/mol. The van der Waals surface area contributed by atoms with Crippen LogP contribution in [0.3, 0.4) is 0 Å². The van der Waals surface area contributed by atoms with Gasteiger partial charge in [-0.1, -0.05) is 51.0 Å². The van der Waals surface area contributed by atoms with Gasteiger partial charge in [-0.15, -0.1) is 0 Å². The van der Waals surface area contributed by atoms with Gasteiger partial charge < -0.3 is 5.32 Å². The Morgan fingerprint density at radius 3 is 2.61 bits per heavy atom. The summed E-state index contributed by atoms with van der Waals surface area (Å²) in [5.41, 5.74) is 3.10. The van der Waals surface area contributed by atoms with Crippen LogP contribution in [-0.4, -0.2) is 7.05 Å². The Morgan fingerprint density at radius 2 is 1.94 bits per heavy atom. The zero-order chi connectivity index (χ0) is 13.0. The van der Waals surface area contributed by atoms with E-state index < -0.39 is 0 Å². The normalized spacial score (nSPS) is 23.1. The molecule has 18 heavy (non-hydrogen) atoms. The second-order valence-electron chi connectivity index (χ2n) is 5.68. The SMILES string of the molecule is CCC(CC)CC1CCc2ccccc2C1NC. The maximum absolute atomic E-state index is 3.56. The minimum Gasteiger partial charge on any atom is -0.313 e. The fourth-order valence-corrected chi connectivity index (χ4v) is 3.52. The minimum atomic E-state index is 0.565. The van der Waals surface area contributed by atoms with Crippen molar-refractivity contribution in [3.05, 3.63) is 35.4 Å². The molecule has 1 heteroatoms. The first-order valence-electron chi connectivity index (χ1n) is 7.55. The Kier molecular flexibility index (Phi) is 4.82. The van der Waals surface area contributed by atoms with Crippen molar-refractivity contribution < 1.29 is 0 Å². The highest BCUT2D eigenvalue weighted by Gasteiger charge is 2.29. The second-order valence-corrected chi connectivity index (χ2v) is 5.68. The van der Waals surface area contributed by atoms with Crippen LogP contribution in [0.15, 0.2) is 24.3 Å². The molecule has 1 aliphatic carbocycles. The topological polar surface area (TPSA) is 12.0 Å².